The number of benzene rings is 1. The van der Waals surface area contributed by atoms with Crippen molar-refractivity contribution >= 4 is 34.6 Å². The van der Waals surface area contributed by atoms with E-state index in [0.29, 0.717) is 22.6 Å². The highest BCUT2D eigenvalue weighted by Crippen LogP contribution is 2.31. The molecule has 2 aromatic rings. The van der Waals surface area contributed by atoms with E-state index in [9.17, 15) is 18.0 Å². The van der Waals surface area contributed by atoms with Crippen molar-refractivity contribution in [3.05, 3.63) is 68.0 Å². The number of amides is 1. The number of rotatable bonds is 7. The molecular weight excluding hydrogens is 437 g/mol. The maximum atomic E-state index is 13.0. The predicted molar refractivity (Wildman–Crippen MR) is 115 cm³/mol. The molecule has 0 bridgehead atoms. The van der Waals surface area contributed by atoms with Crippen molar-refractivity contribution in [2.45, 2.75) is 25.6 Å². The largest absolute Gasteiger partial charge is 0.416 e. The van der Waals surface area contributed by atoms with Crippen LogP contribution < -0.4 is 16.8 Å². The van der Waals surface area contributed by atoms with Crippen molar-refractivity contribution in [2.75, 3.05) is 13.6 Å². The van der Waals surface area contributed by atoms with Gasteiger partial charge in [-0.1, -0.05) is 30.7 Å². The van der Waals surface area contributed by atoms with Crippen LogP contribution in [0.4, 0.5) is 13.2 Å². The number of nitrogens with zero attached hydrogens (tertiary/aromatic N) is 1. The SMILES string of the molecule is CCc1sc(C(=O)N[C@H](CN)c2cccc(C(F)(F)F)c2)cc1C(=NC)C(Cl)=CN. The molecule has 0 aliphatic heterocycles. The fourth-order valence-electron chi connectivity index (χ4n) is 2.88. The van der Waals surface area contributed by atoms with Crippen LogP contribution in [-0.2, 0) is 12.6 Å². The number of allylic oxidation sites excluding steroid dienone is 1. The molecule has 0 fully saturated rings. The molecule has 1 aromatic heterocycles. The molecule has 0 unspecified atom stereocenters. The molecular formula is C20H22ClF3N4OS. The number of aliphatic imine (C=N–C) groups is 1. The van der Waals surface area contributed by atoms with Gasteiger partial charge in [-0.15, -0.1) is 11.3 Å². The van der Waals surface area contributed by atoms with Gasteiger partial charge in [0.15, 0.2) is 0 Å². The molecule has 162 valence electrons. The summed E-state index contributed by atoms with van der Waals surface area (Å²) in [6, 6.07) is 5.62. The van der Waals surface area contributed by atoms with E-state index in [1.807, 2.05) is 6.92 Å². The number of carbonyl (C=O) groups is 1. The first-order valence-corrected chi connectivity index (χ1v) is 10.2. The molecule has 0 radical (unpaired) electrons. The number of nitrogens with two attached hydrogens (primary N) is 2. The Hall–Kier alpha value is -2.36. The first-order chi connectivity index (χ1) is 14.2. The minimum Gasteiger partial charge on any atom is -0.403 e. The summed E-state index contributed by atoms with van der Waals surface area (Å²) < 4.78 is 39.0. The van der Waals surface area contributed by atoms with E-state index in [2.05, 4.69) is 10.3 Å². The summed E-state index contributed by atoms with van der Waals surface area (Å²) in [6.45, 7) is 1.87. The number of nitrogens with one attached hydrogen (secondary N) is 1. The Labute approximate surface area is 181 Å². The van der Waals surface area contributed by atoms with Crippen molar-refractivity contribution in [2.24, 2.45) is 16.5 Å². The van der Waals surface area contributed by atoms with Crippen LogP contribution in [0, 0.1) is 0 Å². The van der Waals surface area contributed by atoms with Crippen LogP contribution in [0.3, 0.4) is 0 Å². The highest BCUT2D eigenvalue weighted by atomic mass is 35.5. The number of aryl methyl sites for hydroxylation is 1. The van der Waals surface area contributed by atoms with Crippen LogP contribution in [0.1, 0.15) is 44.2 Å². The molecule has 0 saturated heterocycles. The second kappa shape index (κ2) is 10.1. The van der Waals surface area contributed by atoms with E-state index in [0.717, 1.165) is 17.0 Å². The second-order valence-corrected chi connectivity index (χ2v) is 7.82. The smallest absolute Gasteiger partial charge is 0.403 e. The molecule has 0 saturated carbocycles. The van der Waals surface area contributed by atoms with Crippen LogP contribution in [0.25, 0.3) is 0 Å². The number of hydrogen-bond acceptors (Lipinski definition) is 5. The van der Waals surface area contributed by atoms with Crippen molar-refractivity contribution < 1.29 is 18.0 Å². The van der Waals surface area contributed by atoms with E-state index in [4.69, 9.17) is 23.1 Å². The lowest BCUT2D eigenvalue weighted by Crippen LogP contribution is -2.33. The minimum atomic E-state index is -4.48. The normalized spacial score (nSPS) is 14.0. The molecule has 5 nitrogen and oxygen atoms in total. The van der Waals surface area contributed by atoms with Crippen LogP contribution in [0.2, 0.25) is 0 Å². The topological polar surface area (TPSA) is 93.5 Å². The molecule has 1 heterocycles. The average Bonchev–Trinajstić information content (AvgIpc) is 3.15. The van der Waals surface area contributed by atoms with Crippen molar-refractivity contribution in [3.8, 4) is 0 Å². The van der Waals surface area contributed by atoms with Gasteiger partial charge in [-0.05, 0) is 30.2 Å². The van der Waals surface area contributed by atoms with Crippen molar-refractivity contribution in [1.29, 1.82) is 0 Å². The van der Waals surface area contributed by atoms with Gasteiger partial charge in [0.1, 0.15) is 0 Å². The van der Waals surface area contributed by atoms with Gasteiger partial charge >= 0.3 is 6.18 Å². The average molecular weight is 459 g/mol. The zero-order valence-electron chi connectivity index (χ0n) is 16.4. The maximum Gasteiger partial charge on any atom is 0.416 e. The number of hydrogen-bond donors (Lipinski definition) is 3. The molecule has 1 atom stereocenters. The second-order valence-electron chi connectivity index (χ2n) is 6.27. The third-order valence-electron chi connectivity index (χ3n) is 4.36. The molecule has 1 aromatic carbocycles. The highest BCUT2D eigenvalue weighted by Gasteiger charge is 2.31. The predicted octanol–water partition coefficient (Wildman–Crippen LogP) is 4.22. The van der Waals surface area contributed by atoms with Gasteiger partial charge in [-0.3, -0.25) is 9.79 Å². The Bertz CT molecular complexity index is 969. The van der Waals surface area contributed by atoms with E-state index in [1.54, 1.807) is 13.1 Å². The molecule has 5 N–H and O–H groups in total. The standard InChI is InChI=1S/C20H22ClF3N4OS/c1-3-16-13(18(27-2)14(21)9-25)8-17(30-16)19(29)28-15(10-26)11-5-4-6-12(7-11)20(22,23)24/h4-9,15H,3,10,25-26H2,1-2H3,(H,28,29)/t15-/m1/s1. The first-order valence-electron chi connectivity index (χ1n) is 9.01. The molecule has 30 heavy (non-hydrogen) atoms. The van der Waals surface area contributed by atoms with E-state index in [1.165, 1.54) is 29.7 Å². The Kier molecular flexibility index (Phi) is 8.05. The quantitative estimate of drug-likeness (QED) is 0.542. The maximum absolute atomic E-state index is 13.0. The lowest BCUT2D eigenvalue weighted by molar-refractivity contribution is -0.137. The molecule has 10 heteroatoms. The van der Waals surface area contributed by atoms with Crippen LogP contribution in [0.5, 0.6) is 0 Å². The first kappa shape index (κ1) is 23.9. The highest BCUT2D eigenvalue weighted by molar-refractivity contribution is 7.14. The summed E-state index contributed by atoms with van der Waals surface area (Å²) >= 11 is 7.38. The minimum absolute atomic E-state index is 0.0602. The van der Waals surface area contributed by atoms with Gasteiger partial charge in [-0.25, -0.2) is 0 Å². The fourth-order valence-corrected chi connectivity index (χ4v) is 4.07. The number of alkyl halides is 3. The van der Waals surface area contributed by atoms with E-state index >= 15 is 0 Å². The third kappa shape index (κ3) is 5.41. The zero-order valence-corrected chi connectivity index (χ0v) is 18.0. The molecule has 0 spiro atoms. The van der Waals surface area contributed by atoms with E-state index in [-0.39, 0.29) is 17.1 Å². The van der Waals surface area contributed by atoms with Gasteiger partial charge in [0.05, 0.1) is 27.2 Å². The fraction of sp³-hybridized carbons (Fsp3) is 0.300. The summed E-state index contributed by atoms with van der Waals surface area (Å²) in [7, 11) is 1.57. The Morgan fingerprint density at radius 2 is 2.07 bits per heavy atom. The molecule has 0 aliphatic carbocycles. The van der Waals surface area contributed by atoms with Crippen LogP contribution >= 0.6 is 22.9 Å². The van der Waals surface area contributed by atoms with Gasteiger partial charge in [-0.2, -0.15) is 13.2 Å². The Morgan fingerprint density at radius 3 is 2.60 bits per heavy atom. The van der Waals surface area contributed by atoms with Gasteiger partial charge in [0.2, 0.25) is 0 Å². The summed E-state index contributed by atoms with van der Waals surface area (Å²) in [4.78, 5) is 18.2. The Morgan fingerprint density at radius 1 is 1.37 bits per heavy atom. The van der Waals surface area contributed by atoms with Gasteiger partial charge < -0.3 is 16.8 Å². The molecule has 0 aliphatic rings. The lowest BCUT2D eigenvalue weighted by Gasteiger charge is -2.18. The number of thiophene rings is 1. The summed E-state index contributed by atoms with van der Waals surface area (Å²) in [5.41, 5.74) is 11.8. The van der Waals surface area contributed by atoms with E-state index < -0.39 is 23.7 Å². The summed E-state index contributed by atoms with van der Waals surface area (Å²) in [5.74, 6) is -0.447. The zero-order chi connectivity index (χ0) is 22.5. The Balaban J connectivity index is 2.33. The number of carbonyl (C=O) groups excluding carboxylic acids is 1. The molecule has 1 amide bonds. The monoisotopic (exact) mass is 458 g/mol. The van der Waals surface area contributed by atoms with Crippen molar-refractivity contribution in [3.63, 3.8) is 0 Å². The van der Waals surface area contributed by atoms with Crippen molar-refractivity contribution in [1.82, 2.24) is 5.32 Å². The summed E-state index contributed by atoms with van der Waals surface area (Å²) in [6.07, 6.45) is -2.63. The third-order valence-corrected chi connectivity index (χ3v) is 5.95. The van der Waals surface area contributed by atoms with Gasteiger partial charge in [0.25, 0.3) is 5.91 Å². The number of halogens is 4. The van der Waals surface area contributed by atoms with Crippen LogP contribution in [-0.4, -0.2) is 25.2 Å². The van der Waals surface area contributed by atoms with Crippen LogP contribution in [0.15, 0.2) is 46.6 Å². The molecule has 2 rings (SSSR count). The summed E-state index contributed by atoms with van der Waals surface area (Å²) in [5, 5.41) is 2.96. The van der Waals surface area contributed by atoms with Gasteiger partial charge in [0, 0.05) is 30.2 Å². The lowest BCUT2D eigenvalue weighted by atomic mass is 10.0.